The number of fused-ring (bicyclic) bond motifs is 1. The number of hydrogen-bond acceptors (Lipinski definition) is 6. The molecule has 0 saturated heterocycles. The number of nitrogens with zero attached hydrogens (tertiary/aromatic N) is 4. The summed E-state index contributed by atoms with van der Waals surface area (Å²) in [5.41, 5.74) is 3.64. The van der Waals surface area contributed by atoms with Crippen LogP contribution in [0.3, 0.4) is 0 Å². The molecule has 0 aliphatic carbocycles. The third-order valence-electron chi connectivity index (χ3n) is 3.90. The number of aliphatic hydroxyl groups excluding tert-OH is 1. The lowest BCUT2D eigenvalue weighted by molar-refractivity contribution is 0.0989. The van der Waals surface area contributed by atoms with E-state index in [1.54, 1.807) is 13.0 Å². The van der Waals surface area contributed by atoms with Gasteiger partial charge in [0.15, 0.2) is 5.78 Å². The zero-order valence-electron chi connectivity index (χ0n) is 12.9. The van der Waals surface area contributed by atoms with Crippen LogP contribution >= 0.6 is 0 Å². The third-order valence-corrected chi connectivity index (χ3v) is 3.90. The molecule has 0 radical (unpaired) electrons. The van der Waals surface area contributed by atoms with Gasteiger partial charge in [-0.2, -0.15) is 10.1 Å². The summed E-state index contributed by atoms with van der Waals surface area (Å²) in [4.78, 5) is 16.5. The Morgan fingerprint density at radius 3 is 2.67 bits per heavy atom. The summed E-state index contributed by atoms with van der Waals surface area (Å²) in [5, 5.41) is 17.3. The van der Waals surface area contributed by atoms with Gasteiger partial charge in [0.05, 0.1) is 12.3 Å². The van der Waals surface area contributed by atoms with Crippen molar-refractivity contribution in [1.29, 1.82) is 0 Å². The fourth-order valence-corrected chi connectivity index (χ4v) is 2.71. The minimum Gasteiger partial charge on any atom is -0.390 e. The molecule has 0 spiro atoms. The molecule has 1 aromatic carbocycles. The number of aromatic nitrogens is 4. The number of hydrogen-bond donors (Lipinski definition) is 1. The van der Waals surface area contributed by atoms with Crippen LogP contribution in [0.5, 0.6) is 0 Å². The van der Waals surface area contributed by atoms with E-state index in [0.717, 1.165) is 16.7 Å². The number of aryl methyl sites for hydroxylation is 1. The minimum absolute atomic E-state index is 0.0161. The molecule has 7 heteroatoms. The van der Waals surface area contributed by atoms with E-state index in [0.29, 0.717) is 29.5 Å². The van der Waals surface area contributed by atoms with Crippen molar-refractivity contribution in [3.8, 4) is 11.4 Å². The molecule has 0 atom stereocenters. The molecule has 24 heavy (non-hydrogen) atoms. The van der Waals surface area contributed by atoms with E-state index in [4.69, 9.17) is 9.63 Å². The van der Waals surface area contributed by atoms with Gasteiger partial charge >= 0.3 is 0 Å². The number of Topliss-reactive ketones (excluding diaryl/α,β-unsaturated/α-hetero) is 1. The van der Waals surface area contributed by atoms with E-state index < -0.39 is 0 Å². The highest BCUT2D eigenvalue weighted by molar-refractivity contribution is 6.06. The maximum absolute atomic E-state index is 12.3. The maximum Gasteiger partial charge on any atom is 0.223 e. The summed E-state index contributed by atoms with van der Waals surface area (Å²) >= 11 is 0. The number of ketones is 1. The van der Waals surface area contributed by atoms with Gasteiger partial charge in [-0.1, -0.05) is 29.4 Å². The van der Waals surface area contributed by atoms with Gasteiger partial charge in [0.2, 0.25) is 11.7 Å². The van der Waals surface area contributed by atoms with Crippen LogP contribution in [0.25, 0.3) is 23.2 Å². The molecule has 0 amide bonds. The Labute approximate surface area is 137 Å². The highest BCUT2D eigenvalue weighted by atomic mass is 16.5. The molecule has 0 fully saturated rings. The summed E-state index contributed by atoms with van der Waals surface area (Å²) in [6, 6.07) is 9.24. The normalized spacial score (nSPS) is 13.8. The van der Waals surface area contributed by atoms with Crippen molar-refractivity contribution in [3.63, 3.8) is 0 Å². The Bertz CT molecular complexity index is 951. The predicted molar refractivity (Wildman–Crippen MR) is 85.7 cm³/mol. The quantitative estimate of drug-likeness (QED) is 0.795. The maximum atomic E-state index is 12.3. The molecule has 120 valence electrons. The summed E-state index contributed by atoms with van der Waals surface area (Å²) in [5.74, 6) is 1.04. The molecular weight excluding hydrogens is 308 g/mol. The van der Waals surface area contributed by atoms with E-state index in [1.807, 2.05) is 30.5 Å². The van der Waals surface area contributed by atoms with Crippen LogP contribution in [0.2, 0.25) is 0 Å². The van der Waals surface area contributed by atoms with Crippen LogP contribution in [-0.4, -0.2) is 30.8 Å². The van der Waals surface area contributed by atoms with Gasteiger partial charge in [-0.15, -0.1) is 0 Å². The SMILES string of the molecule is Cc1nc(-c2ccc(C3=Cn4nc(CO)cc4C(=O)C3)cc2)no1. The molecule has 0 unspecified atom stereocenters. The second kappa shape index (κ2) is 5.54. The van der Waals surface area contributed by atoms with Crippen LogP contribution in [0.15, 0.2) is 34.9 Å². The summed E-state index contributed by atoms with van der Waals surface area (Å²) in [6.07, 6.45) is 2.13. The summed E-state index contributed by atoms with van der Waals surface area (Å²) < 4.78 is 6.51. The number of rotatable bonds is 3. The standard InChI is InChI=1S/C17H14N4O3/c1-10-18-17(20-24-10)12-4-2-11(3-5-12)13-6-16(23)15-7-14(9-22)19-21(15)8-13/h2-5,7-8,22H,6,9H2,1H3. The van der Waals surface area contributed by atoms with Crippen molar-refractivity contribution in [1.82, 2.24) is 19.9 Å². The smallest absolute Gasteiger partial charge is 0.223 e. The van der Waals surface area contributed by atoms with Crippen molar-refractivity contribution < 1.29 is 14.4 Å². The first-order valence-electron chi connectivity index (χ1n) is 7.48. The van der Waals surface area contributed by atoms with E-state index in [-0.39, 0.29) is 12.4 Å². The van der Waals surface area contributed by atoms with E-state index in [2.05, 4.69) is 15.2 Å². The second-order valence-corrected chi connectivity index (χ2v) is 5.59. The second-order valence-electron chi connectivity index (χ2n) is 5.59. The molecule has 3 aromatic rings. The largest absolute Gasteiger partial charge is 0.390 e. The molecule has 7 nitrogen and oxygen atoms in total. The zero-order valence-corrected chi connectivity index (χ0v) is 12.9. The number of carbonyl (C=O) groups is 1. The molecule has 1 aliphatic rings. The number of allylic oxidation sites excluding steroid dienone is 1. The van der Waals surface area contributed by atoms with Crippen molar-refractivity contribution in [2.75, 3.05) is 0 Å². The van der Waals surface area contributed by atoms with Crippen molar-refractivity contribution in [2.45, 2.75) is 20.0 Å². The van der Waals surface area contributed by atoms with Gasteiger partial charge < -0.3 is 9.63 Å². The lowest BCUT2D eigenvalue weighted by atomic mass is 9.97. The Morgan fingerprint density at radius 1 is 1.25 bits per heavy atom. The Balaban J connectivity index is 1.67. The van der Waals surface area contributed by atoms with Crippen LogP contribution in [0.1, 0.15) is 34.1 Å². The highest BCUT2D eigenvalue weighted by Crippen LogP contribution is 2.28. The third kappa shape index (κ3) is 2.44. The molecular formula is C17H14N4O3. The fourth-order valence-electron chi connectivity index (χ4n) is 2.71. The molecule has 1 N–H and O–H groups in total. The van der Waals surface area contributed by atoms with E-state index >= 15 is 0 Å². The van der Waals surface area contributed by atoms with Crippen LogP contribution in [0, 0.1) is 6.92 Å². The van der Waals surface area contributed by atoms with Gasteiger partial charge in [-0.05, 0) is 17.2 Å². The van der Waals surface area contributed by atoms with Crippen molar-refractivity contribution >= 4 is 17.6 Å². The zero-order chi connectivity index (χ0) is 16.7. The average molecular weight is 322 g/mol. The molecule has 1 aliphatic heterocycles. The van der Waals surface area contributed by atoms with Gasteiger partial charge in [0.25, 0.3) is 0 Å². The average Bonchev–Trinajstić information content (AvgIpc) is 3.21. The van der Waals surface area contributed by atoms with Gasteiger partial charge in [0.1, 0.15) is 5.69 Å². The summed E-state index contributed by atoms with van der Waals surface area (Å²) in [6.45, 7) is 1.56. The van der Waals surface area contributed by atoms with Gasteiger partial charge in [0, 0.05) is 25.1 Å². The number of carbonyl (C=O) groups excluding carboxylic acids is 1. The Hall–Kier alpha value is -3.06. The minimum atomic E-state index is -0.185. The monoisotopic (exact) mass is 322 g/mol. The van der Waals surface area contributed by atoms with Crippen LogP contribution in [-0.2, 0) is 6.61 Å². The van der Waals surface area contributed by atoms with Gasteiger partial charge in [-0.25, -0.2) is 4.68 Å². The first kappa shape index (κ1) is 14.5. The van der Waals surface area contributed by atoms with Crippen LogP contribution < -0.4 is 0 Å². The topological polar surface area (TPSA) is 94.0 Å². The molecule has 2 aromatic heterocycles. The number of benzene rings is 1. The van der Waals surface area contributed by atoms with E-state index in [1.165, 1.54) is 4.68 Å². The highest BCUT2D eigenvalue weighted by Gasteiger charge is 2.21. The molecule has 3 heterocycles. The lowest BCUT2D eigenvalue weighted by Gasteiger charge is -2.14. The first-order valence-corrected chi connectivity index (χ1v) is 7.48. The molecule has 0 saturated carbocycles. The van der Waals surface area contributed by atoms with Gasteiger partial charge in [-0.3, -0.25) is 4.79 Å². The van der Waals surface area contributed by atoms with Crippen molar-refractivity contribution in [3.05, 3.63) is 53.2 Å². The molecule has 4 rings (SSSR count). The predicted octanol–water partition coefficient (Wildman–Crippen LogP) is 2.32. The number of aliphatic hydroxyl groups is 1. The lowest BCUT2D eigenvalue weighted by Crippen LogP contribution is -2.12. The molecule has 0 bridgehead atoms. The van der Waals surface area contributed by atoms with E-state index in [9.17, 15) is 4.79 Å². The van der Waals surface area contributed by atoms with Crippen LogP contribution in [0.4, 0.5) is 0 Å². The Kier molecular flexibility index (Phi) is 3.35. The summed E-state index contributed by atoms with van der Waals surface area (Å²) in [7, 11) is 0. The first-order chi connectivity index (χ1) is 11.6. The van der Waals surface area contributed by atoms with Crippen molar-refractivity contribution in [2.24, 2.45) is 0 Å². The Morgan fingerprint density at radius 2 is 2.00 bits per heavy atom. The fraction of sp³-hybridized carbons (Fsp3) is 0.176.